The first-order valence-electron chi connectivity index (χ1n) is 6.61. The van der Waals surface area contributed by atoms with Crippen molar-refractivity contribution in [2.45, 2.75) is 13.8 Å². The van der Waals surface area contributed by atoms with Crippen LogP contribution in [0.1, 0.15) is 21.5 Å². The van der Waals surface area contributed by atoms with Crippen molar-refractivity contribution in [3.63, 3.8) is 0 Å². The van der Waals surface area contributed by atoms with Gasteiger partial charge >= 0.3 is 0 Å². The lowest BCUT2D eigenvalue weighted by atomic mass is 10.0. The number of hydrogen-bond donors (Lipinski definition) is 0. The van der Waals surface area contributed by atoms with E-state index >= 15 is 0 Å². The second-order valence-electron chi connectivity index (χ2n) is 5.00. The van der Waals surface area contributed by atoms with E-state index in [1.54, 1.807) is 20.0 Å². The Morgan fingerprint density at radius 1 is 1.23 bits per heavy atom. The number of amides is 1. The minimum Gasteiger partial charge on any atom is -0.311 e. The van der Waals surface area contributed by atoms with Crippen LogP contribution in [-0.4, -0.2) is 17.9 Å². The molecule has 114 valence electrons. The van der Waals surface area contributed by atoms with Crippen LogP contribution in [0.4, 0.5) is 11.4 Å². The van der Waals surface area contributed by atoms with Gasteiger partial charge in [0.1, 0.15) is 0 Å². The average Bonchev–Trinajstić information content (AvgIpc) is 2.46. The second kappa shape index (κ2) is 6.27. The fraction of sp³-hybridized carbons (Fsp3) is 0.188. The summed E-state index contributed by atoms with van der Waals surface area (Å²) in [7, 11) is 1.66. The Kier molecular flexibility index (Phi) is 4.61. The van der Waals surface area contributed by atoms with Crippen molar-refractivity contribution >= 4 is 33.2 Å². The minimum atomic E-state index is -0.475. The first kappa shape index (κ1) is 16.2. The maximum atomic E-state index is 12.7. The number of carbonyl (C=O) groups is 1. The summed E-state index contributed by atoms with van der Waals surface area (Å²) in [5.41, 5.74) is 2.36. The Hall–Kier alpha value is -2.21. The lowest BCUT2D eigenvalue weighted by molar-refractivity contribution is -0.385. The molecule has 0 saturated heterocycles. The summed E-state index contributed by atoms with van der Waals surface area (Å²) in [5.74, 6) is -0.272. The maximum Gasteiger partial charge on any atom is 0.273 e. The number of nitrogens with zero attached hydrogens (tertiary/aromatic N) is 2. The van der Waals surface area contributed by atoms with Crippen LogP contribution in [0.15, 0.2) is 40.9 Å². The molecule has 6 heteroatoms. The van der Waals surface area contributed by atoms with Crippen LogP contribution in [0.3, 0.4) is 0 Å². The monoisotopic (exact) mass is 362 g/mol. The van der Waals surface area contributed by atoms with Gasteiger partial charge < -0.3 is 4.90 Å². The van der Waals surface area contributed by atoms with Crippen molar-refractivity contribution in [2.24, 2.45) is 0 Å². The zero-order valence-corrected chi connectivity index (χ0v) is 14.0. The normalized spacial score (nSPS) is 10.4. The van der Waals surface area contributed by atoms with Crippen LogP contribution >= 0.6 is 15.9 Å². The van der Waals surface area contributed by atoms with E-state index in [0.717, 1.165) is 15.7 Å². The molecule has 0 unspecified atom stereocenters. The first-order valence-corrected chi connectivity index (χ1v) is 7.40. The predicted octanol–water partition coefficient (Wildman–Crippen LogP) is 4.25. The smallest absolute Gasteiger partial charge is 0.273 e. The third-order valence-corrected chi connectivity index (χ3v) is 4.05. The van der Waals surface area contributed by atoms with Crippen LogP contribution < -0.4 is 4.90 Å². The van der Waals surface area contributed by atoms with E-state index in [9.17, 15) is 14.9 Å². The molecule has 0 aliphatic rings. The quantitative estimate of drug-likeness (QED) is 0.605. The SMILES string of the molecule is Cc1cc(Br)ccc1N(C)C(=O)c1cccc([N+](=O)[O-])c1C. The standard InChI is InChI=1S/C16H15BrN2O3/c1-10-9-12(17)7-8-14(10)18(3)16(20)13-5-4-6-15(11(13)2)19(21)22/h4-9H,1-3H3. The molecule has 0 N–H and O–H groups in total. The van der Waals surface area contributed by atoms with Crippen molar-refractivity contribution < 1.29 is 9.72 Å². The van der Waals surface area contributed by atoms with Crippen molar-refractivity contribution in [1.29, 1.82) is 0 Å². The van der Waals surface area contributed by atoms with E-state index in [0.29, 0.717) is 11.1 Å². The summed E-state index contributed by atoms with van der Waals surface area (Å²) in [6.07, 6.45) is 0. The fourth-order valence-corrected chi connectivity index (χ4v) is 2.81. The van der Waals surface area contributed by atoms with E-state index in [4.69, 9.17) is 0 Å². The molecular formula is C16H15BrN2O3. The number of aryl methyl sites for hydroxylation is 1. The largest absolute Gasteiger partial charge is 0.311 e. The Labute approximate surface area is 136 Å². The topological polar surface area (TPSA) is 63.5 Å². The molecule has 0 radical (unpaired) electrons. The zero-order chi connectivity index (χ0) is 16.4. The van der Waals surface area contributed by atoms with Crippen LogP contribution in [0, 0.1) is 24.0 Å². The van der Waals surface area contributed by atoms with E-state index in [1.807, 2.05) is 25.1 Å². The summed E-state index contributed by atoms with van der Waals surface area (Å²) in [5, 5.41) is 11.0. The minimum absolute atomic E-state index is 0.0493. The number of halogens is 1. The highest BCUT2D eigenvalue weighted by Gasteiger charge is 2.21. The Bertz CT molecular complexity index is 759. The molecule has 0 aromatic heterocycles. The van der Waals surface area contributed by atoms with E-state index in [1.165, 1.54) is 17.0 Å². The maximum absolute atomic E-state index is 12.7. The van der Waals surface area contributed by atoms with E-state index < -0.39 is 4.92 Å². The number of carbonyl (C=O) groups excluding carboxylic acids is 1. The van der Waals surface area contributed by atoms with Gasteiger partial charge in [0.05, 0.1) is 4.92 Å². The number of nitro benzene ring substituents is 1. The third-order valence-electron chi connectivity index (χ3n) is 3.56. The highest BCUT2D eigenvalue weighted by Crippen LogP contribution is 2.27. The van der Waals surface area contributed by atoms with Crippen molar-refractivity contribution in [1.82, 2.24) is 0 Å². The highest BCUT2D eigenvalue weighted by atomic mass is 79.9. The van der Waals surface area contributed by atoms with Gasteiger partial charge in [-0.15, -0.1) is 0 Å². The molecule has 0 spiro atoms. The molecule has 2 rings (SSSR count). The lowest BCUT2D eigenvalue weighted by Gasteiger charge is -2.20. The van der Waals surface area contributed by atoms with Crippen molar-refractivity contribution in [2.75, 3.05) is 11.9 Å². The number of benzene rings is 2. The highest BCUT2D eigenvalue weighted by molar-refractivity contribution is 9.10. The van der Waals surface area contributed by atoms with E-state index in [2.05, 4.69) is 15.9 Å². The average molecular weight is 363 g/mol. The van der Waals surface area contributed by atoms with Gasteiger partial charge in [-0.1, -0.05) is 22.0 Å². The summed E-state index contributed by atoms with van der Waals surface area (Å²) < 4.78 is 0.932. The number of anilines is 1. The van der Waals surface area contributed by atoms with Gasteiger partial charge in [0, 0.05) is 34.4 Å². The summed E-state index contributed by atoms with van der Waals surface area (Å²) >= 11 is 3.39. The molecule has 0 heterocycles. The predicted molar refractivity (Wildman–Crippen MR) is 89.4 cm³/mol. The van der Waals surface area contributed by atoms with Gasteiger partial charge in [-0.2, -0.15) is 0 Å². The molecule has 0 atom stereocenters. The molecule has 2 aromatic carbocycles. The molecule has 2 aromatic rings. The number of rotatable bonds is 3. The Balaban J connectivity index is 2.43. The van der Waals surface area contributed by atoms with Crippen molar-refractivity contribution in [3.05, 3.63) is 67.7 Å². The molecule has 0 bridgehead atoms. The molecule has 0 fully saturated rings. The molecule has 0 saturated carbocycles. The molecule has 22 heavy (non-hydrogen) atoms. The molecule has 1 amide bonds. The van der Waals surface area contributed by atoms with E-state index in [-0.39, 0.29) is 11.6 Å². The first-order chi connectivity index (χ1) is 10.3. The summed E-state index contributed by atoms with van der Waals surface area (Å²) in [4.78, 5) is 24.7. The third kappa shape index (κ3) is 3.01. The van der Waals surface area contributed by atoms with Gasteiger partial charge in [0.15, 0.2) is 0 Å². The number of hydrogen-bond acceptors (Lipinski definition) is 3. The lowest BCUT2D eigenvalue weighted by Crippen LogP contribution is -2.27. The molecule has 0 aliphatic carbocycles. The zero-order valence-electron chi connectivity index (χ0n) is 12.5. The van der Waals surface area contributed by atoms with Crippen LogP contribution in [0.25, 0.3) is 0 Å². The van der Waals surface area contributed by atoms with Gasteiger partial charge in [-0.3, -0.25) is 14.9 Å². The van der Waals surface area contributed by atoms with Gasteiger partial charge in [-0.05, 0) is 43.7 Å². The van der Waals surface area contributed by atoms with Gasteiger partial charge in [0.2, 0.25) is 0 Å². The Morgan fingerprint density at radius 2 is 1.91 bits per heavy atom. The van der Waals surface area contributed by atoms with Crippen molar-refractivity contribution in [3.8, 4) is 0 Å². The van der Waals surface area contributed by atoms with Crippen LogP contribution in [-0.2, 0) is 0 Å². The summed E-state index contributed by atoms with van der Waals surface area (Å²) in [6.45, 7) is 3.50. The summed E-state index contributed by atoms with van der Waals surface area (Å²) in [6, 6.07) is 10.1. The molecule has 0 aliphatic heterocycles. The second-order valence-corrected chi connectivity index (χ2v) is 5.92. The molecule has 5 nitrogen and oxygen atoms in total. The van der Waals surface area contributed by atoms with Crippen LogP contribution in [0.2, 0.25) is 0 Å². The number of nitro groups is 1. The Morgan fingerprint density at radius 3 is 2.50 bits per heavy atom. The van der Waals surface area contributed by atoms with Gasteiger partial charge in [-0.25, -0.2) is 0 Å². The van der Waals surface area contributed by atoms with Gasteiger partial charge in [0.25, 0.3) is 11.6 Å². The van der Waals surface area contributed by atoms with Crippen LogP contribution in [0.5, 0.6) is 0 Å². The fourth-order valence-electron chi connectivity index (χ4n) is 2.34. The molecular weight excluding hydrogens is 348 g/mol.